The Labute approximate surface area is 91.5 Å². The highest BCUT2D eigenvalue weighted by Crippen LogP contribution is 2.30. The summed E-state index contributed by atoms with van der Waals surface area (Å²) in [5, 5.41) is 9.34. The maximum atomic E-state index is 11.8. The van der Waals surface area contributed by atoms with E-state index >= 15 is 0 Å². The van der Waals surface area contributed by atoms with E-state index in [1.54, 1.807) is 0 Å². The molecular weight excluding hydrogens is 190 g/mol. The van der Waals surface area contributed by atoms with Gasteiger partial charge in [0.25, 0.3) is 0 Å². The largest absolute Gasteiger partial charge is 0.396 e. The van der Waals surface area contributed by atoms with Crippen molar-refractivity contribution in [2.45, 2.75) is 51.0 Å². The summed E-state index contributed by atoms with van der Waals surface area (Å²) in [4.78, 5) is 13.8. The lowest BCUT2D eigenvalue weighted by molar-refractivity contribution is -0.138. The summed E-state index contributed by atoms with van der Waals surface area (Å²) in [7, 11) is 0. The fourth-order valence-electron chi connectivity index (χ4n) is 2.99. The summed E-state index contributed by atoms with van der Waals surface area (Å²) in [6.45, 7) is 1.16. The molecule has 3 heteroatoms. The molecule has 15 heavy (non-hydrogen) atoms. The molecule has 2 unspecified atom stereocenters. The van der Waals surface area contributed by atoms with Gasteiger partial charge in [0, 0.05) is 31.5 Å². The van der Waals surface area contributed by atoms with E-state index < -0.39 is 0 Å². The van der Waals surface area contributed by atoms with Gasteiger partial charge in [-0.05, 0) is 25.7 Å². The van der Waals surface area contributed by atoms with Gasteiger partial charge in [0.05, 0.1) is 0 Å². The monoisotopic (exact) mass is 211 g/mol. The lowest BCUT2D eigenvalue weighted by Crippen LogP contribution is -2.49. The van der Waals surface area contributed by atoms with Crippen LogP contribution in [0.1, 0.15) is 44.9 Å². The third kappa shape index (κ3) is 2.33. The van der Waals surface area contributed by atoms with Crippen LogP contribution in [0.25, 0.3) is 0 Å². The molecule has 1 saturated heterocycles. The number of likely N-dealkylation sites (tertiary alicyclic amines) is 1. The molecule has 2 rings (SSSR count). The Morgan fingerprint density at radius 2 is 2.00 bits per heavy atom. The first-order chi connectivity index (χ1) is 7.33. The van der Waals surface area contributed by atoms with Crippen LogP contribution in [0, 0.1) is 5.92 Å². The van der Waals surface area contributed by atoms with Gasteiger partial charge in [0.1, 0.15) is 0 Å². The van der Waals surface area contributed by atoms with Crippen molar-refractivity contribution in [1.29, 1.82) is 0 Å². The van der Waals surface area contributed by atoms with Gasteiger partial charge in [-0.3, -0.25) is 4.79 Å². The second-order valence-electron chi connectivity index (χ2n) is 4.84. The number of hydrogen-bond acceptors (Lipinski definition) is 2. The summed E-state index contributed by atoms with van der Waals surface area (Å²) in [5.74, 6) is 0.646. The smallest absolute Gasteiger partial charge is 0.222 e. The standard InChI is InChI=1S/C12H21NO2/c14-9-10-5-1-2-6-11(10)13-8-4-3-7-12(13)15/h10-11,14H,1-9H2. The first-order valence-corrected chi connectivity index (χ1v) is 6.23. The Balaban J connectivity index is 2.02. The van der Waals surface area contributed by atoms with Crippen LogP contribution in [-0.4, -0.2) is 35.1 Å². The molecule has 1 aliphatic heterocycles. The van der Waals surface area contributed by atoms with Gasteiger partial charge in [0.15, 0.2) is 0 Å². The van der Waals surface area contributed by atoms with Crippen LogP contribution in [-0.2, 0) is 4.79 Å². The summed E-state index contributed by atoms with van der Waals surface area (Å²) >= 11 is 0. The third-order valence-corrected chi connectivity index (χ3v) is 3.86. The minimum atomic E-state index is 0.244. The van der Waals surface area contributed by atoms with Crippen molar-refractivity contribution in [3.63, 3.8) is 0 Å². The number of hydrogen-bond donors (Lipinski definition) is 1. The fourth-order valence-corrected chi connectivity index (χ4v) is 2.99. The summed E-state index contributed by atoms with van der Waals surface area (Å²) in [6.07, 6.45) is 7.51. The SMILES string of the molecule is O=C1CCCCN1C1CCCCC1CO. The van der Waals surface area contributed by atoms with Crippen molar-refractivity contribution in [3.05, 3.63) is 0 Å². The average Bonchev–Trinajstić information content (AvgIpc) is 2.30. The summed E-state index contributed by atoms with van der Waals surface area (Å²) in [6, 6.07) is 0.330. The van der Waals surface area contributed by atoms with Crippen molar-refractivity contribution in [3.8, 4) is 0 Å². The molecule has 0 aromatic heterocycles. The molecule has 1 aliphatic carbocycles. The van der Waals surface area contributed by atoms with Crippen molar-refractivity contribution in [2.24, 2.45) is 5.92 Å². The topological polar surface area (TPSA) is 40.5 Å². The molecule has 2 aliphatic rings. The average molecular weight is 211 g/mol. The van der Waals surface area contributed by atoms with E-state index in [0.717, 1.165) is 32.2 Å². The van der Waals surface area contributed by atoms with Gasteiger partial charge in [0.2, 0.25) is 5.91 Å². The normalized spacial score (nSPS) is 33.1. The number of aliphatic hydroxyl groups excluding tert-OH is 1. The molecule has 0 radical (unpaired) electrons. The quantitative estimate of drug-likeness (QED) is 0.753. The minimum Gasteiger partial charge on any atom is -0.396 e. The van der Waals surface area contributed by atoms with Gasteiger partial charge in [-0.2, -0.15) is 0 Å². The van der Waals surface area contributed by atoms with E-state index in [0.29, 0.717) is 24.3 Å². The summed E-state index contributed by atoms with van der Waals surface area (Å²) < 4.78 is 0. The van der Waals surface area contributed by atoms with E-state index in [9.17, 15) is 9.90 Å². The highest BCUT2D eigenvalue weighted by Gasteiger charge is 2.33. The number of aliphatic hydroxyl groups is 1. The molecule has 1 heterocycles. The number of carbonyl (C=O) groups excluding carboxylic acids is 1. The molecule has 1 saturated carbocycles. The van der Waals surface area contributed by atoms with Gasteiger partial charge in [-0.25, -0.2) is 0 Å². The second kappa shape index (κ2) is 4.97. The molecule has 86 valence electrons. The zero-order valence-corrected chi connectivity index (χ0v) is 9.32. The Morgan fingerprint density at radius 1 is 1.20 bits per heavy atom. The summed E-state index contributed by atoms with van der Waals surface area (Å²) in [5.41, 5.74) is 0. The van der Waals surface area contributed by atoms with Gasteiger partial charge < -0.3 is 10.0 Å². The van der Waals surface area contributed by atoms with Crippen LogP contribution in [0.5, 0.6) is 0 Å². The Hall–Kier alpha value is -0.570. The van der Waals surface area contributed by atoms with E-state index in [4.69, 9.17) is 0 Å². The van der Waals surface area contributed by atoms with Crippen molar-refractivity contribution < 1.29 is 9.90 Å². The molecule has 3 nitrogen and oxygen atoms in total. The number of piperidine rings is 1. The first kappa shape index (κ1) is 10.9. The van der Waals surface area contributed by atoms with E-state index in [1.807, 2.05) is 4.90 Å². The number of carbonyl (C=O) groups is 1. The highest BCUT2D eigenvalue weighted by molar-refractivity contribution is 5.77. The second-order valence-corrected chi connectivity index (χ2v) is 4.84. The van der Waals surface area contributed by atoms with Gasteiger partial charge in [-0.1, -0.05) is 12.8 Å². The Kier molecular flexibility index (Phi) is 3.62. The fraction of sp³-hybridized carbons (Fsp3) is 0.917. The van der Waals surface area contributed by atoms with Crippen molar-refractivity contribution in [2.75, 3.05) is 13.2 Å². The molecule has 2 atom stereocenters. The lowest BCUT2D eigenvalue weighted by Gasteiger charge is -2.41. The third-order valence-electron chi connectivity index (χ3n) is 3.86. The predicted molar refractivity (Wildman–Crippen MR) is 58.4 cm³/mol. The van der Waals surface area contributed by atoms with Crippen LogP contribution >= 0.6 is 0 Å². The van der Waals surface area contributed by atoms with Gasteiger partial charge in [-0.15, -0.1) is 0 Å². The van der Waals surface area contributed by atoms with Crippen LogP contribution in [0.4, 0.5) is 0 Å². The first-order valence-electron chi connectivity index (χ1n) is 6.23. The number of rotatable bonds is 2. The van der Waals surface area contributed by atoms with E-state index in [1.165, 1.54) is 12.8 Å². The highest BCUT2D eigenvalue weighted by atomic mass is 16.3. The predicted octanol–water partition coefficient (Wildman–Crippen LogP) is 1.55. The number of nitrogens with zero attached hydrogens (tertiary/aromatic N) is 1. The molecule has 1 amide bonds. The van der Waals surface area contributed by atoms with E-state index in [-0.39, 0.29) is 6.61 Å². The van der Waals surface area contributed by atoms with Gasteiger partial charge >= 0.3 is 0 Å². The number of amides is 1. The Morgan fingerprint density at radius 3 is 2.73 bits per heavy atom. The lowest BCUT2D eigenvalue weighted by atomic mass is 9.83. The van der Waals surface area contributed by atoms with Crippen LogP contribution in [0.15, 0.2) is 0 Å². The Bertz CT molecular complexity index is 230. The minimum absolute atomic E-state index is 0.244. The van der Waals surface area contributed by atoms with Crippen LogP contribution in [0.2, 0.25) is 0 Å². The zero-order chi connectivity index (χ0) is 10.7. The van der Waals surface area contributed by atoms with Crippen LogP contribution < -0.4 is 0 Å². The molecule has 0 spiro atoms. The maximum Gasteiger partial charge on any atom is 0.222 e. The maximum absolute atomic E-state index is 11.8. The molecule has 0 bridgehead atoms. The molecule has 1 N–H and O–H groups in total. The van der Waals surface area contributed by atoms with Crippen LogP contribution in [0.3, 0.4) is 0 Å². The molecule has 0 aromatic rings. The van der Waals surface area contributed by atoms with E-state index in [2.05, 4.69) is 0 Å². The van der Waals surface area contributed by atoms with Crippen molar-refractivity contribution in [1.82, 2.24) is 4.90 Å². The molecule has 0 aromatic carbocycles. The molecular formula is C12H21NO2. The molecule has 2 fully saturated rings. The zero-order valence-electron chi connectivity index (χ0n) is 9.32. The van der Waals surface area contributed by atoms with Crippen molar-refractivity contribution >= 4 is 5.91 Å².